The number of aromatic nitrogens is 1. The molecule has 2 heterocycles. The highest BCUT2D eigenvalue weighted by Gasteiger charge is 2.21. The van der Waals surface area contributed by atoms with Gasteiger partial charge in [0.25, 0.3) is 11.8 Å². The predicted octanol–water partition coefficient (Wildman–Crippen LogP) is 3.54. The van der Waals surface area contributed by atoms with E-state index in [0.717, 1.165) is 31.6 Å². The van der Waals surface area contributed by atoms with Gasteiger partial charge in [-0.25, -0.2) is 0 Å². The summed E-state index contributed by atoms with van der Waals surface area (Å²) in [4.78, 5) is 61.3. The number of rotatable bonds is 24. The fourth-order valence-electron chi connectivity index (χ4n) is 6.22. The molecule has 0 radical (unpaired) electrons. The van der Waals surface area contributed by atoms with E-state index < -0.39 is 11.8 Å². The third-order valence-corrected chi connectivity index (χ3v) is 9.73. The lowest BCUT2D eigenvalue weighted by molar-refractivity contribution is -0.128. The third-order valence-electron chi connectivity index (χ3n) is 9.73. The number of likely N-dealkylation sites (N-methyl/N-ethyl adjacent to an activating group) is 2. The maximum Gasteiger partial charge on any atom is 0.255 e. The van der Waals surface area contributed by atoms with Crippen LogP contribution in [0.1, 0.15) is 57.8 Å². The molecule has 0 unspecified atom stereocenters. The molecule has 0 saturated carbocycles. The van der Waals surface area contributed by atoms with Crippen molar-refractivity contribution in [2.75, 3.05) is 116 Å². The normalized spacial score (nSPS) is 13.0. The molecule has 0 spiro atoms. The van der Waals surface area contributed by atoms with Gasteiger partial charge in [0.1, 0.15) is 0 Å². The summed E-state index contributed by atoms with van der Waals surface area (Å²) in [7, 11) is 3.70. The topological polar surface area (TPSA) is 178 Å². The number of nitrogens with one attached hydrogen (secondary N) is 2. The third kappa shape index (κ3) is 14.5. The molecule has 15 heteroatoms. The lowest BCUT2D eigenvalue weighted by Crippen LogP contribution is -2.36. The van der Waals surface area contributed by atoms with Gasteiger partial charge >= 0.3 is 0 Å². The number of ether oxygens (including phenoxy) is 4. The lowest BCUT2D eigenvalue weighted by Gasteiger charge is -2.23. The van der Waals surface area contributed by atoms with Gasteiger partial charge in [0.15, 0.2) is 0 Å². The minimum atomic E-state index is -0.574. The summed E-state index contributed by atoms with van der Waals surface area (Å²) < 4.78 is 22.1. The average Bonchev–Trinajstić information content (AvgIpc) is 3.24. The average molecular weight is 790 g/mol. The van der Waals surface area contributed by atoms with Crippen molar-refractivity contribution in [2.24, 2.45) is 11.7 Å². The van der Waals surface area contributed by atoms with Crippen LogP contribution in [0, 0.1) is 5.92 Å². The SMILES string of the molecule is CCN(CC)c1ccc(NC(=O)c2cccc(C(=O)N(C)CCN(C)CCOCCOCCOCCNC(=O)C3CCOCC3)c2)c(-c2cc(C(N)=O)ccn2)c1. The van der Waals surface area contributed by atoms with E-state index in [4.69, 9.17) is 24.7 Å². The molecule has 4 rings (SSSR count). The second-order valence-electron chi connectivity index (χ2n) is 13.8. The van der Waals surface area contributed by atoms with Crippen LogP contribution in [-0.4, -0.2) is 145 Å². The van der Waals surface area contributed by atoms with Crippen LogP contribution >= 0.6 is 0 Å². The Bertz CT molecular complexity index is 1750. The number of carbonyl (C=O) groups excluding carboxylic acids is 4. The van der Waals surface area contributed by atoms with Crippen molar-refractivity contribution < 1.29 is 38.1 Å². The van der Waals surface area contributed by atoms with Crippen LogP contribution in [0.15, 0.2) is 60.8 Å². The number of primary amides is 1. The van der Waals surface area contributed by atoms with Gasteiger partial charge in [0.2, 0.25) is 11.8 Å². The standard InChI is InChI=1S/C42H59N7O8/c1-5-49(6-2)35-10-11-37(36(30-35)38-29-32(39(43)50)12-15-44-38)46-41(52)33-8-7-9-34(28-33)42(53)48(4)18-17-47(3)19-23-56-25-27-57-26-24-55-22-16-45-40(51)31-13-20-54-21-14-31/h7-12,15,28-31H,5-6,13-14,16-27H2,1-4H3,(H2,43,50)(H,45,51)(H,46,52). The molecule has 57 heavy (non-hydrogen) atoms. The Morgan fingerprint density at radius 3 is 2.19 bits per heavy atom. The molecule has 4 amide bonds. The Hall–Kier alpha value is -4.93. The highest BCUT2D eigenvalue weighted by molar-refractivity contribution is 6.08. The number of carbonyl (C=O) groups is 4. The Morgan fingerprint density at radius 1 is 0.807 bits per heavy atom. The van der Waals surface area contributed by atoms with E-state index >= 15 is 0 Å². The summed E-state index contributed by atoms with van der Waals surface area (Å²) in [5.41, 5.74) is 9.14. The molecule has 1 aliphatic heterocycles. The fourth-order valence-corrected chi connectivity index (χ4v) is 6.22. The molecule has 0 bridgehead atoms. The second kappa shape index (κ2) is 24.0. The van der Waals surface area contributed by atoms with Gasteiger partial charge in [-0.3, -0.25) is 24.2 Å². The number of amides is 4. The van der Waals surface area contributed by atoms with Crippen molar-refractivity contribution in [2.45, 2.75) is 26.7 Å². The first-order valence-corrected chi connectivity index (χ1v) is 19.7. The molecule has 0 aliphatic carbocycles. The fraction of sp³-hybridized carbons (Fsp3) is 0.500. The van der Waals surface area contributed by atoms with Crippen molar-refractivity contribution in [3.8, 4) is 11.3 Å². The molecule has 310 valence electrons. The van der Waals surface area contributed by atoms with Gasteiger partial charge in [-0.1, -0.05) is 6.07 Å². The highest BCUT2D eigenvalue weighted by atomic mass is 16.5. The minimum Gasteiger partial charge on any atom is -0.381 e. The van der Waals surface area contributed by atoms with Gasteiger partial charge < -0.3 is 50.0 Å². The molecule has 1 aromatic heterocycles. The van der Waals surface area contributed by atoms with Crippen molar-refractivity contribution >= 4 is 35.0 Å². The summed E-state index contributed by atoms with van der Waals surface area (Å²) in [5, 5.41) is 5.90. The zero-order valence-corrected chi connectivity index (χ0v) is 33.8. The Kier molecular flexibility index (Phi) is 18.8. The van der Waals surface area contributed by atoms with Crippen LogP contribution in [0.3, 0.4) is 0 Å². The van der Waals surface area contributed by atoms with Crippen molar-refractivity contribution in [1.29, 1.82) is 0 Å². The van der Waals surface area contributed by atoms with Gasteiger partial charge in [0, 0.05) is 99.6 Å². The molecule has 0 atom stereocenters. The molecule has 1 fully saturated rings. The van der Waals surface area contributed by atoms with Gasteiger partial charge in [0.05, 0.1) is 51.0 Å². The Labute approximate surface area is 336 Å². The largest absolute Gasteiger partial charge is 0.381 e. The Balaban J connectivity index is 1.16. The van der Waals surface area contributed by atoms with Crippen molar-refractivity contribution in [1.82, 2.24) is 20.1 Å². The first kappa shape index (κ1) is 44.8. The van der Waals surface area contributed by atoms with Crippen LogP contribution < -0.4 is 21.3 Å². The molecular weight excluding hydrogens is 731 g/mol. The maximum absolute atomic E-state index is 13.6. The number of anilines is 2. The Morgan fingerprint density at radius 2 is 1.49 bits per heavy atom. The van der Waals surface area contributed by atoms with Gasteiger partial charge in [-0.2, -0.15) is 0 Å². The first-order chi connectivity index (χ1) is 27.6. The van der Waals surface area contributed by atoms with Crippen LogP contribution in [0.2, 0.25) is 0 Å². The second-order valence-corrected chi connectivity index (χ2v) is 13.8. The smallest absolute Gasteiger partial charge is 0.255 e. The van der Waals surface area contributed by atoms with Gasteiger partial charge in [-0.15, -0.1) is 0 Å². The van der Waals surface area contributed by atoms with E-state index in [2.05, 4.69) is 39.3 Å². The van der Waals surface area contributed by atoms with E-state index in [1.54, 1.807) is 48.3 Å². The first-order valence-electron chi connectivity index (χ1n) is 19.7. The van der Waals surface area contributed by atoms with E-state index in [1.807, 2.05) is 25.2 Å². The van der Waals surface area contributed by atoms with Crippen molar-refractivity contribution in [3.63, 3.8) is 0 Å². The van der Waals surface area contributed by atoms with Crippen LogP contribution in [0.4, 0.5) is 11.4 Å². The predicted molar refractivity (Wildman–Crippen MR) is 220 cm³/mol. The highest BCUT2D eigenvalue weighted by Crippen LogP contribution is 2.32. The zero-order valence-electron chi connectivity index (χ0n) is 33.8. The number of nitrogens with zero attached hydrogens (tertiary/aromatic N) is 4. The van der Waals surface area contributed by atoms with Crippen LogP contribution in [0.25, 0.3) is 11.3 Å². The molecular formula is C42H59N7O8. The van der Waals surface area contributed by atoms with Crippen LogP contribution in [-0.2, 0) is 23.7 Å². The van der Waals surface area contributed by atoms with Crippen LogP contribution in [0.5, 0.6) is 0 Å². The van der Waals surface area contributed by atoms with E-state index in [-0.39, 0.29) is 17.7 Å². The van der Waals surface area contributed by atoms with E-state index in [1.165, 1.54) is 6.20 Å². The quantitative estimate of drug-likeness (QED) is 0.113. The molecule has 2 aromatic carbocycles. The number of hydrogen-bond acceptors (Lipinski definition) is 11. The minimum absolute atomic E-state index is 0.0383. The summed E-state index contributed by atoms with van der Waals surface area (Å²) in [6.45, 7) is 12.0. The number of nitrogens with two attached hydrogens (primary N) is 1. The summed E-state index contributed by atoms with van der Waals surface area (Å²) in [5.74, 6) is -1.06. The maximum atomic E-state index is 13.6. The van der Waals surface area contributed by atoms with Gasteiger partial charge in [-0.05, 0) is 82.3 Å². The van der Waals surface area contributed by atoms with E-state index in [9.17, 15) is 19.2 Å². The lowest BCUT2D eigenvalue weighted by atomic mass is 9.99. The summed E-state index contributed by atoms with van der Waals surface area (Å²) in [6, 6.07) is 15.5. The summed E-state index contributed by atoms with van der Waals surface area (Å²) in [6.07, 6.45) is 3.06. The van der Waals surface area contributed by atoms with Crippen molar-refractivity contribution in [3.05, 3.63) is 77.5 Å². The number of benzene rings is 2. The zero-order chi connectivity index (χ0) is 41.0. The molecule has 1 saturated heterocycles. The monoisotopic (exact) mass is 789 g/mol. The number of hydrogen-bond donors (Lipinski definition) is 3. The molecule has 3 aromatic rings. The molecule has 4 N–H and O–H groups in total. The number of pyridine rings is 1. The van der Waals surface area contributed by atoms with E-state index in [0.29, 0.717) is 113 Å². The molecule has 15 nitrogen and oxygen atoms in total. The molecule has 1 aliphatic rings. The summed E-state index contributed by atoms with van der Waals surface area (Å²) >= 11 is 0.